The Morgan fingerprint density at radius 1 is 1.36 bits per heavy atom. The number of hydrogen-bond acceptors (Lipinski definition) is 6. The highest BCUT2D eigenvalue weighted by Gasteiger charge is 2.43. The summed E-state index contributed by atoms with van der Waals surface area (Å²) < 4.78 is 57.8. The predicted molar refractivity (Wildman–Crippen MR) is 85.6 cm³/mol. The molecule has 0 spiro atoms. The lowest BCUT2D eigenvalue weighted by atomic mass is 10.2. The summed E-state index contributed by atoms with van der Waals surface area (Å²) in [7, 11) is -1.53. The standard InChI is InChI=1S/C15H18F2N2O5S/c1-9(14(20)19(2)11-5-6-25(21,22)8-11)18-10-3-4-12-13(7-10)24-15(16,17)23-12/h3-4,7,9,11,18H,5-6,8H2,1-2H3/t9-,11-/m1/s1. The molecule has 1 N–H and O–H groups in total. The number of anilines is 1. The lowest BCUT2D eigenvalue weighted by Gasteiger charge is -2.27. The second kappa shape index (κ2) is 6.01. The molecular formula is C15H18F2N2O5S. The third-order valence-corrected chi connectivity index (χ3v) is 6.01. The number of carbonyl (C=O) groups is 1. The van der Waals surface area contributed by atoms with Crippen LogP contribution < -0.4 is 14.8 Å². The summed E-state index contributed by atoms with van der Waals surface area (Å²) in [6.07, 6.45) is -3.28. The molecule has 2 aliphatic rings. The maximum atomic E-state index is 13.0. The first-order valence-electron chi connectivity index (χ1n) is 7.70. The van der Waals surface area contributed by atoms with Crippen molar-refractivity contribution in [3.05, 3.63) is 18.2 Å². The zero-order valence-corrected chi connectivity index (χ0v) is 14.5. The summed E-state index contributed by atoms with van der Waals surface area (Å²) in [5, 5.41) is 2.90. The molecule has 138 valence electrons. The Kier molecular flexibility index (Phi) is 4.26. The van der Waals surface area contributed by atoms with Crippen LogP contribution in [0.4, 0.5) is 14.5 Å². The number of fused-ring (bicyclic) bond motifs is 1. The van der Waals surface area contributed by atoms with E-state index in [1.165, 1.54) is 23.1 Å². The van der Waals surface area contributed by atoms with Gasteiger partial charge in [0.15, 0.2) is 21.3 Å². The number of carbonyl (C=O) groups excluding carboxylic acids is 1. The number of alkyl halides is 2. The monoisotopic (exact) mass is 376 g/mol. The van der Waals surface area contributed by atoms with E-state index in [1.807, 2.05) is 0 Å². The highest BCUT2D eigenvalue weighted by Crippen LogP contribution is 2.42. The number of amides is 1. The number of sulfone groups is 1. The minimum Gasteiger partial charge on any atom is -0.395 e. The Morgan fingerprint density at radius 2 is 2.04 bits per heavy atom. The zero-order chi connectivity index (χ0) is 18.4. The van der Waals surface area contributed by atoms with Crippen LogP contribution in [0.3, 0.4) is 0 Å². The van der Waals surface area contributed by atoms with Crippen LogP contribution in [-0.2, 0) is 14.6 Å². The Labute approximate surface area is 143 Å². The predicted octanol–water partition coefficient (Wildman–Crippen LogP) is 1.45. The van der Waals surface area contributed by atoms with E-state index >= 15 is 0 Å². The topological polar surface area (TPSA) is 84.9 Å². The van der Waals surface area contributed by atoms with Crippen molar-refractivity contribution < 1.29 is 31.5 Å². The molecule has 0 aliphatic carbocycles. The van der Waals surface area contributed by atoms with Crippen molar-refractivity contribution in [2.24, 2.45) is 0 Å². The van der Waals surface area contributed by atoms with Crippen LogP contribution >= 0.6 is 0 Å². The van der Waals surface area contributed by atoms with Crippen LogP contribution in [-0.4, -0.2) is 56.2 Å². The number of nitrogens with one attached hydrogen (secondary N) is 1. The summed E-state index contributed by atoms with van der Waals surface area (Å²) in [6.45, 7) is 1.61. The van der Waals surface area contributed by atoms with Gasteiger partial charge in [0.05, 0.1) is 11.5 Å². The number of hydrogen-bond donors (Lipinski definition) is 1. The SMILES string of the molecule is C[C@@H](Nc1ccc2c(c1)OC(F)(F)O2)C(=O)N(C)[C@@H]1CCS(=O)(=O)C1. The first-order chi connectivity index (χ1) is 11.6. The van der Waals surface area contributed by atoms with Crippen LogP contribution in [0.25, 0.3) is 0 Å². The lowest BCUT2D eigenvalue weighted by molar-refractivity contribution is -0.286. The van der Waals surface area contributed by atoms with Crippen molar-refractivity contribution in [3.8, 4) is 11.5 Å². The van der Waals surface area contributed by atoms with E-state index in [9.17, 15) is 22.0 Å². The minimum atomic E-state index is -3.70. The molecule has 1 aromatic rings. The molecule has 7 nitrogen and oxygen atoms in total. The van der Waals surface area contributed by atoms with E-state index in [0.29, 0.717) is 12.1 Å². The Hall–Kier alpha value is -2.10. The first kappa shape index (κ1) is 17.7. The average Bonchev–Trinajstić information content (AvgIpc) is 3.02. The van der Waals surface area contributed by atoms with Gasteiger partial charge in [-0.05, 0) is 25.5 Å². The quantitative estimate of drug-likeness (QED) is 0.856. The second-order valence-corrected chi connectivity index (χ2v) is 8.43. The van der Waals surface area contributed by atoms with E-state index in [1.54, 1.807) is 14.0 Å². The molecule has 0 saturated carbocycles. The molecule has 2 heterocycles. The number of nitrogens with zero attached hydrogens (tertiary/aromatic N) is 1. The van der Waals surface area contributed by atoms with Crippen molar-refractivity contribution in [1.29, 1.82) is 0 Å². The molecule has 0 bridgehead atoms. The Morgan fingerprint density at radius 3 is 2.68 bits per heavy atom. The number of likely N-dealkylation sites (N-methyl/N-ethyl adjacent to an activating group) is 1. The molecule has 2 aliphatic heterocycles. The molecule has 3 rings (SSSR count). The zero-order valence-electron chi connectivity index (χ0n) is 13.7. The number of halogens is 2. The normalized spacial score (nSPS) is 23.9. The van der Waals surface area contributed by atoms with Gasteiger partial charge in [-0.3, -0.25) is 4.79 Å². The highest BCUT2D eigenvalue weighted by atomic mass is 32.2. The smallest absolute Gasteiger partial charge is 0.395 e. The summed E-state index contributed by atoms with van der Waals surface area (Å²) in [5.41, 5.74) is 0.411. The van der Waals surface area contributed by atoms with Crippen molar-refractivity contribution in [3.63, 3.8) is 0 Å². The third kappa shape index (κ3) is 3.78. The highest BCUT2D eigenvalue weighted by molar-refractivity contribution is 7.91. The van der Waals surface area contributed by atoms with Gasteiger partial charge in [-0.25, -0.2) is 8.42 Å². The molecular weight excluding hydrogens is 358 g/mol. The Balaban J connectivity index is 1.64. The molecule has 0 aromatic heterocycles. The molecule has 0 unspecified atom stereocenters. The van der Waals surface area contributed by atoms with E-state index < -0.39 is 22.2 Å². The summed E-state index contributed by atoms with van der Waals surface area (Å²) >= 11 is 0. The second-order valence-electron chi connectivity index (χ2n) is 6.20. The van der Waals surface area contributed by atoms with Crippen LogP contribution in [0.5, 0.6) is 11.5 Å². The van der Waals surface area contributed by atoms with Gasteiger partial charge in [0.25, 0.3) is 0 Å². The molecule has 1 aromatic carbocycles. The maximum Gasteiger partial charge on any atom is 0.586 e. The maximum absolute atomic E-state index is 13.0. The van der Waals surface area contributed by atoms with E-state index in [0.717, 1.165) is 0 Å². The van der Waals surface area contributed by atoms with Crippen molar-refractivity contribution >= 4 is 21.4 Å². The average molecular weight is 376 g/mol. The summed E-state index contributed by atoms with van der Waals surface area (Å²) in [6, 6.07) is 3.11. The minimum absolute atomic E-state index is 0.0406. The number of benzene rings is 1. The van der Waals surface area contributed by atoms with Crippen LogP contribution in [0.15, 0.2) is 18.2 Å². The van der Waals surface area contributed by atoms with Gasteiger partial charge in [0, 0.05) is 24.8 Å². The van der Waals surface area contributed by atoms with E-state index in [4.69, 9.17) is 0 Å². The van der Waals surface area contributed by atoms with Crippen molar-refractivity contribution in [1.82, 2.24) is 4.90 Å². The summed E-state index contributed by atoms with van der Waals surface area (Å²) in [5.74, 6) is -0.452. The van der Waals surface area contributed by atoms with Crippen LogP contribution in [0, 0.1) is 0 Å². The van der Waals surface area contributed by atoms with Crippen molar-refractivity contribution in [2.45, 2.75) is 31.7 Å². The van der Waals surface area contributed by atoms with Gasteiger partial charge in [-0.1, -0.05) is 0 Å². The van der Waals surface area contributed by atoms with Crippen molar-refractivity contribution in [2.75, 3.05) is 23.9 Å². The first-order valence-corrected chi connectivity index (χ1v) is 9.52. The molecule has 25 heavy (non-hydrogen) atoms. The van der Waals surface area contributed by atoms with Gasteiger partial charge in [0.2, 0.25) is 5.91 Å². The van der Waals surface area contributed by atoms with Gasteiger partial charge < -0.3 is 19.7 Å². The molecule has 1 amide bonds. The van der Waals surface area contributed by atoms with Gasteiger partial charge >= 0.3 is 6.29 Å². The molecule has 1 saturated heterocycles. The number of rotatable bonds is 4. The fraction of sp³-hybridized carbons (Fsp3) is 0.533. The largest absolute Gasteiger partial charge is 0.586 e. The third-order valence-electron chi connectivity index (χ3n) is 4.26. The molecule has 2 atom stereocenters. The fourth-order valence-electron chi connectivity index (χ4n) is 2.92. The fourth-order valence-corrected chi connectivity index (χ4v) is 4.69. The lowest BCUT2D eigenvalue weighted by Crippen LogP contribution is -2.45. The van der Waals surface area contributed by atoms with E-state index in [-0.39, 0.29) is 35.0 Å². The van der Waals surface area contributed by atoms with Gasteiger partial charge in [0.1, 0.15) is 6.04 Å². The van der Waals surface area contributed by atoms with E-state index in [2.05, 4.69) is 14.8 Å². The molecule has 10 heteroatoms. The van der Waals surface area contributed by atoms with Gasteiger partial charge in [-0.2, -0.15) is 0 Å². The van der Waals surface area contributed by atoms with Crippen LogP contribution in [0.2, 0.25) is 0 Å². The van der Waals surface area contributed by atoms with Gasteiger partial charge in [-0.15, -0.1) is 8.78 Å². The molecule has 0 radical (unpaired) electrons. The summed E-state index contributed by atoms with van der Waals surface area (Å²) in [4.78, 5) is 13.9. The molecule has 1 fully saturated rings. The Bertz CT molecular complexity index is 799. The number of ether oxygens (including phenoxy) is 2. The van der Waals surface area contributed by atoms with Crippen LogP contribution in [0.1, 0.15) is 13.3 Å².